The second-order valence-corrected chi connectivity index (χ2v) is 6.40. The number of carbonyl (C=O) groups is 1. The first-order valence-corrected chi connectivity index (χ1v) is 8.49. The summed E-state index contributed by atoms with van der Waals surface area (Å²) < 4.78 is 28.1. The second-order valence-electron chi connectivity index (χ2n) is 6.40. The van der Waals surface area contributed by atoms with Crippen molar-refractivity contribution in [1.29, 1.82) is 0 Å². The van der Waals surface area contributed by atoms with Crippen LogP contribution in [0.4, 0.5) is 0 Å². The third kappa shape index (κ3) is 3.95. The average molecular weight is 361 g/mol. The minimum atomic E-state index is -0.743. The molecule has 1 aromatic heterocycles. The summed E-state index contributed by atoms with van der Waals surface area (Å²) in [7, 11) is 1.56. The zero-order valence-electron chi connectivity index (χ0n) is 15.3. The molecule has 2 fully saturated rings. The molecule has 0 spiro atoms. The number of aromatic nitrogens is 1. The fraction of sp³-hybridized carbons (Fsp3) is 0.474. The topological polar surface area (TPSA) is 76.1 Å². The Kier molecular flexibility index (Phi) is 5.41. The molecule has 0 unspecified atom stereocenters. The lowest BCUT2D eigenvalue weighted by Gasteiger charge is -2.21. The SMILES string of the molecule is CCOC(=O)C(=C\c1cccnc1)/C=C1\O[C@@H]2OC(C)(C)O[C@@H]2[C@H]1OC. The van der Waals surface area contributed by atoms with Crippen LogP contribution in [-0.2, 0) is 28.5 Å². The highest BCUT2D eigenvalue weighted by atomic mass is 16.8. The van der Waals surface area contributed by atoms with Gasteiger partial charge < -0.3 is 23.7 Å². The van der Waals surface area contributed by atoms with Crippen molar-refractivity contribution in [3.05, 3.63) is 47.5 Å². The van der Waals surface area contributed by atoms with Crippen LogP contribution in [-0.4, -0.2) is 49.0 Å². The molecule has 1 aromatic rings. The number of pyridine rings is 1. The Balaban J connectivity index is 1.90. The van der Waals surface area contributed by atoms with E-state index < -0.39 is 30.3 Å². The number of hydrogen-bond donors (Lipinski definition) is 0. The molecule has 3 atom stereocenters. The number of carbonyl (C=O) groups excluding carboxylic acids is 1. The Morgan fingerprint density at radius 3 is 2.85 bits per heavy atom. The molecule has 2 saturated heterocycles. The molecule has 3 rings (SSSR count). The van der Waals surface area contributed by atoms with Crippen LogP contribution in [0.5, 0.6) is 0 Å². The summed E-state index contributed by atoms with van der Waals surface area (Å²) in [6.45, 7) is 5.66. The van der Waals surface area contributed by atoms with Crippen molar-refractivity contribution in [2.75, 3.05) is 13.7 Å². The molecule has 0 N–H and O–H groups in total. The van der Waals surface area contributed by atoms with Gasteiger partial charge in [0.2, 0.25) is 6.29 Å². The first kappa shape index (κ1) is 18.6. The van der Waals surface area contributed by atoms with E-state index in [-0.39, 0.29) is 6.61 Å². The maximum atomic E-state index is 12.4. The minimum Gasteiger partial charge on any atom is -0.463 e. The number of fused-ring (bicyclic) bond motifs is 1. The zero-order chi connectivity index (χ0) is 18.7. The van der Waals surface area contributed by atoms with Crippen LogP contribution in [0.25, 0.3) is 6.08 Å². The third-order valence-electron chi connectivity index (χ3n) is 3.99. The van der Waals surface area contributed by atoms with Crippen LogP contribution in [0.15, 0.2) is 41.9 Å². The van der Waals surface area contributed by atoms with E-state index in [4.69, 9.17) is 23.7 Å². The summed E-state index contributed by atoms with van der Waals surface area (Å²) in [4.78, 5) is 16.4. The van der Waals surface area contributed by atoms with E-state index in [2.05, 4.69) is 4.98 Å². The number of hydrogen-bond acceptors (Lipinski definition) is 7. The Morgan fingerprint density at radius 1 is 1.38 bits per heavy atom. The van der Waals surface area contributed by atoms with Crippen molar-refractivity contribution in [3.63, 3.8) is 0 Å². The molecular formula is C19H23NO6. The number of methoxy groups -OCH3 is 1. The number of rotatable bonds is 5. The molecule has 0 radical (unpaired) electrons. The van der Waals surface area contributed by atoms with Gasteiger partial charge in [0.25, 0.3) is 0 Å². The van der Waals surface area contributed by atoms with Gasteiger partial charge in [0, 0.05) is 19.5 Å². The van der Waals surface area contributed by atoms with Crippen LogP contribution in [0, 0.1) is 0 Å². The molecule has 0 aromatic carbocycles. The molecule has 0 amide bonds. The van der Waals surface area contributed by atoms with E-state index in [0.717, 1.165) is 5.56 Å². The summed E-state index contributed by atoms with van der Waals surface area (Å²) >= 11 is 0. The van der Waals surface area contributed by atoms with Crippen LogP contribution in [0.3, 0.4) is 0 Å². The van der Waals surface area contributed by atoms with Crippen molar-refractivity contribution in [2.45, 2.75) is 45.1 Å². The fourth-order valence-corrected chi connectivity index (χ4v) is 2.95. The van der Waals surface area contributed by atoms with E-state index in [1.165, 1.54) is 0 Å². The van der Waals surface area contributed by atoms with Crippen LogP contribution < -0.4 is 0 Å². The zero-order valence-corrected chi connectivity index (χ0v) is 15.3. The Morgan fingerprint density at radius 2 is 2.19 bits per heavy atom. The monoisotopic (exact) mass is 361 g/mol. The summed E-state index contributed by atoms with van der Waals surface area (Å²) in [5.41, 5.74) is 1.10. The molecule has 0 saturated carbocycles. The molecule has 2 aliphatic rings. The van der Waals surface area contributed by atoms with Gasteiger partial charge in [0.15, 0.2) is 11.9 Å². The molecule has 7 nitrogen and oxygen atoms in total. The predicted molar refractivity (Wildman–Crippen MR) is 92.6 cm³/mol. The van der Waals surface area contributed by atoms with E-state index in [1.807, 2.05) is 19.9 Å². The van der Waals surface area contributed by atoms with E-state index >= 15 is 0 Å². The Hall–Kier alpha value is -2.22. The molecule has 2 aliphatic heterocycles. The summed E-state index contributed by atoms with van der Waals surface area (Å²) in [5, 5.41) is 0. The maximum Gasteiger partial charge on any atom is 0.338 e. The minimum absolute atomic E-state index is 0.270. The van der Waals surface area contributed by atoms with Gasteiger partial charge in [0.1, 0.15) is 11.9 Å². The second kappa shape index (κ2) is 7.57. The first-order chi connectivity index (χ1) is 12.4. The van der Waals surface area contributed by atoms with Gasteiger partial charge in [-0.1, -0.05) is 6.07 Å². The lowest BCUT2D eigenvalue weighted by atomic mass is 10.1. The highest BCUT2D eigenvalue weighted by molar-refractivity contribution is 5.96. The maximum absolute atomic E-state index is 12.4. The highest BCUT2D eigenvalue weighted by Crippen LogP contribution is 2.40. The lowest BCUT2D eigenvalue weighted by Crippen LogP contribution is -2.30. The number of ether oxygens (including phenoxy) is 5. The first-order valence-electron chi connectivity index (χ1n) is 8.49. The van der Waals surface area contributed by atoms with Gasteiger partial charge >= 0.3 is 5.97 Å². The van der Waals surface area contributed by atoms with Crippen molar-refractivity contribution in [2.24, 2.45) is 0 Å². The van der Waals surface area contributed by atoms with Crippen LogP contribution in [0.1, 0.15) is 26.3 Å². The summed E-state index contributed by atoms with van der Waals surface area (Å²) in [6, 6.07) is 3.64. The lowest BCUT2D eigenvalue weighted by molar-refractivity contribution is -0.190. The van der Waals surface area contributed by atoms with Gasteiger partial charge in [-0.05, 0) is 44.6 Å². The number of nitrogens with zero attached hydrogens (tertiary/aromatic N) is 1. The largest absolute Gasteiger partial charge is 0.463 e. The van der Waals surface area contributed by atoms with Crippen molar-refractivity contribution in [3.8, 4) is 0 Å². The van der Waals surface area contributed by atoms with Crippen molar-refractivity contribution in [1.82, 2.24) is 4.98 Å². The molecule has 0 aliphatic carbocycles. The smallest absolute Gasteiger partial charge is 0.338 e. The predicted octanol–water partition coefficient (Wildman–Crippen LogP) is 2.43. The Labute approximate surface area is 152 Å². The molecule has 7 heteroatoms. The summed E-state index contributed by atoms with van der Waals surface area (Å²) in [5.74, 6) is -0.740. The van der Waals surface area contributed by atoms with Gasteiger partial charge in [-0.3, -0.25) is 4.98 Å². The van der Waals surface area contributed by atoms with Gasteiger partial charge in [-0.15, -0.1) is 0 Å². The summed E-state index contributed by atoms with van der Waals surface area (Å²) in [6.07, 6.45) is 5.16. The van der Waals surface area contributed by atoms with E-state index in [0.29, 0.717) is 11.3 Å². The number of esters is 1. The standard InChI is InChI=1S/C19H23NO6/c1-5-23-17(21)13(9-12-7-6-8-20-11-12)10-14-15(22-4)16-18(24-14)26-19(2,3)25-16/h6-11,15-16,18H,5H2,1-4H3/b13-9-,14-10-/t15-,16+,18+/m0/s1. The molecule has 3 heterocycles. The fourth-order valence-electron chi connectivity index (χ4n) is 2.95. The van der Waals surface area contributed by atoms with Gasteiger partial charge in [-0.25, -0.2) is 4.79 Å². The van der Waals surface area contributed by atoms with Crippen molar-refractivity contribution >= 4 is 12.0 Å². The quantitative estimate of drug-likeness (QED) is 0.589. The third-order valence-corrected chi connectivity index (χ3v) is 3.99. The highest BCUT2D eigenvalue weighted by Gasteiger charge is 2.53. The average Bonchev–Trinajstić information content (AvgIpc) is 3.06. The van der Waals surface area contributed by atoms with Crippen LogP contribution in [0.2, 0.25) is 0 Å². The Bertz CT molecular complexity index is 712. The van der Waals surface area contributed by atoms with E-state index in [9.17, 15) is 4.79 Å². The van der Waals surface area contributed by atoms with Gasteiger partial charge in [-0.2, -0.15) is 0 Å². The molecule has 140 valence electrons. The normalized spacial score (nSPS) is 28.7. The van der Waals surface area contributed by atoms with Crippen LogP contribution >= 0.6 is 0 Å². The van der Waals surface area contributed by atoms with Crippen molar-refractivity contribution < 1.29 is 28.5 Å². The molecule has 26 heavy (non-hydrogen) atoms. The molecule has 0 bridgehead atoms. The van der Waals surface area contributed by atoms with E-state index in [1.54, 1.807) is 44.6 Å². The van der Waals surface area contributed by atoms with Gasteiger partial charge in [0.05, 0.1) is 12.2 Å². The molecular weight excluding hydrogens is 338 g/mol.